The van der Waals surface area contributed by atoms with E-state index < -0.39 is 5.97 Å². The van der Waals surface area contributed by atoms with Crippen LogP contribution < -0.4 is 5.11 Å². The van der Waals surface area contributed by atoms with Gasteiger partial charge in [0, 0.05) is 30.7 Å². The Kier molecular flexibility index (Phi) is 3.75. The highest BCUT2D eigenvalue weighted by molar-refractivity contribution is 5.85. The molecule has 0 aliphatic rings. The molecule has 1 aromatic heterocycles. The predicted octanol–water partition coefficient (Wildman–Crippen LogP) is 0.811. The van der Waals surface area contributed by atoms with E-state index in [1.54, 1.807) is 6.20 Å². The number of hydrogen-bond donors (Lipinski definition) is 0. The third-order valence-corrected chi connectivity index (χ3v) is 2.79. The Morgan fingerprint density at radius 1 is 1.37 bits per heavy atom. The van der Waals surface area contributed by atoms with Crippen LogP contribution in [0.5, 0.6) is 0 Å². The maximum atomic E-state index is 11.0. The predicted molar refractivity (Wildman–Crippen MR) is 67.4 cm³/mol. The first kappa shape index (κ1) is 13.0. The summed E-state index contributed by atoms with van der Waals surface area (Å²) in [4.78, 5) is 21.5. The third kappa shape index (κ3) is 3.07. The summed E-state index contributed by atoms with van der Waals surface area (Å²) in [7, 11) is 0. The molecule has 2 rings (SSSR count). The number of hydrogen-bond acceptors (Lipinski definition) is 4. The number of nitrogens with zero attached hydrogens (tertiary/aromatic N) is 2. The molecule has 1 aromatic carbocycles. The van der Waals surface area contributed by atoms with Gasteiger partial charge in [0.1, 0.15) is 5.69 Å². The van der Waals surface area contributed by atoms with Crippen molar-refractivity contribution in [1.29, 1.82) is 0 Å². The Hall–Kier alpha value is -2.43. The van der Waals surface area contributed by atoms with Crippen LogP contribution in [0.15, 0.2) is 30.5 Å². The van der Waals surface area contributed by atoms with Gasteiger partial charge in [-0.2, -0.15) is 5.10 Å². The van der Waals surface area contributed by atoms with Crippen molar-refractivity contribution in [3.05, 3.63) is 41.6 Å². The molecule has 0 aliphatic heterocycles. The quantitative estimate of drug-likeness (QED) is 0.743. The number of aldehydes is 1. The highest BCUT2D eigenvalue weighted by Crippen LogP contribution is 2.21. The molecule has 5 nitrogen and oxygen atoms in total. The van der Waals surface area contributed by atoms with E-state index in [9.17, 15) is 14.7 Å². The monoisotopic (exact) mass is 257 g/mol. The van der Waals surface area contributed by atoms with Crippen molar-refractivity contribution < 1.29 is 14.7 Å². The second-order valence-corrected chi connectivity index (χ2v) is 4.30. The number of carboxylic acid groups (broad SMARTS) is 1. The fourth-order valence-electron chi connectivity index (χ4n) is 1.78. The lowest BCUT2D eigenvalue weighted by Gasteiger charge is -2.02. The minimum atomic E-state index is -1.14. The highest BCUT2D eigenvalue weighted by Gasteiger charge is 2.10. The van der Waals surface area contributed by atoms with E-state index in [2.05, 4.69) is 5.10 Å². The van der Waals surface area contributed by atoms with Crippen LogP contribution in [0.3, 0.4) is 0 Å². The molecule has 0 spiro atoms. The number of benzene rings is 1. The normalized spacial score (nSPS) is 10.4. The molecule has 98 valence electrons. The number of aliphatic carboxylic acids is 1. The van der Waals surface area contributed by atoms with E-state index in [1.807, 2.05) is 31.2 Å². The summed E-state index contributed by atoms with van der Waals surface area (Å²) in [6.07, 6.45) is 2.14. The molecule has 19 heavy (non-hydrogen) atoms. The van der Waals surface area contributed by atoms with Gasteiger partial charge in [-0.3, -0.25) is 9.48 Å². The lowest BCUT2D eigenvalue weighted by atomic mass is 10.1. The van der Waals surface area contributed by atoms with Crippen molar-refractivity contribution in [1.82, 2.24) is 9.78 Å². The molecule has 0 unspecified atom stereocenters. The van der Waals surface area contributed by atoms with Crippen LogP contribution in [0.1, 0.15) is 22.3 Å². The van der Waals surface area contributed by atoms with Crippen molar-refractivity contribution in [2.24, 2.45) is 0 Å². The first-order chi connectivity index (χ1) is 9.10. The van der Waals surface area contributed by atoms with Gasteiger partial charge in [0.05, 0.1) is 5.56 Å². The lowest BCUT2D eigenvalue weighted by molar-refractivity contribution is -0.306. The molecule has 0 fully saturated rings. The van der Waals surface area contributed by atoms with Crippen molar-refractivity contribution in [3.63, 3.8) is 0 Å². The molecule has 0 radical (unpaired) electrons. The van der Waals surface area contributed by atoms with E-state index in [1.165, 1.54) is 4.68 Å². The van der Waals surface area contributed by atoms with Gasteiger partial charge >= 0.3 is 0 Å². The number of carbonyl (C=O) groups excluding carboxylic acids is 2. The topological polar surface area (TPSA) is 75.0 Å². The van der Waals surface area contributed by atoms with Gasteiger partial charge in [-0.25, -0.2) is 0 Å². The Morgan fingerprint density at radius 2 is 2.05 bits per heavy atom. The zero-order valence-electron chi connectivity index (χ0n) is 10.5. The summed E-state index contributed by atoms with van der Waals surface area (Å²) in [5, 5.41) is 14.7. The number of carbonyl (C=O) groups is 2. The van der Waals surface area contributed by atoms with Crippen LogP contribution in [-0.4, -0.2) is 22.0 Å². The fraction of sp³-hybridized carbons (Fsp3) is 0.214. The maximum Gasteiger partial charge on any atom is 0.153 e. The second-order valence-electron chi connectivity index (χ2n) is 4.30. The number of aryl methyl sites for hydroxylation is 2. The molecular weight excluding hydrogens is 244 g/mol. The van der Waals surface area contributed by atoms with Gasteiger partial charge in [0.15, 0.2) is 6.29 Å². The average Bonchev–Trinajstić information content (AvgIpc) is 2.80. The molecule has 0 aliphatic carbocycles. The molecule has 0 saturated heterocycles. The molecule has 0 N–H and O–H groups in total. The van der Waals surface area contributed by atoms with Crippen LogP contribution in [0.4, 0.5) is 0 Å². The molecule has 0 bridgehead atoms. The van der Waals surface area contributed by atoms with E-state index in [0.717, 1.165) is 17.4 Å². The first-order valence-electron chi connectivity index (χ1n) is 5.89. The zero-order valence-corrected chi connectivity index (χ0v) is 10.5. The summed E-state index contributed by atoms with van der Waals surface area (Å²) < 4.78 is 1.45. The van der Waals surface area contributed by atoms with Crippen molar-refractivity contribution in [3.8, 4) is 11.3 Å². The number of carboxylic acids is 1. The van der Waals surface area contributed by atoms with Crippen molar-refractivity contribution in [2.75, 3.05) is 0 Å². The molecule has 0 amide bonds. The lowest BCUT2D eigenvalue weighted by Crippen LogP contribution is -2.23. The fourth-order valence-corrected chi connectivity index (χ4v) is 1.78. The third-order valence-electron chi connectivity index (χ3n) is 2.79. The highest BCUT2D eigenvalue weighted by atomic mass is 16.4. The largest absolute Gasteiger partial charge is 0.550 e. The van der Waals surface area contributed by atoms with Gasteiger partial charge in [0.25, 0.3) is 0 Å². The zero-order chi connectivity index (χ0) is 13.8. The first-order valence-corrected chi connectivity index (χ1v) is 5.89. The van der Waals surface area contributed by atoms with Gasteiger partial charge in [-0.15, -0.1) is 0 Å². The van der Waals surface area contributed by atoms with Gasteiger partial charge in [-0.05, 0) is 6.92 Å². The van der Waals surface area contributed by atoms with E-state index in [0.29, 0.717) is 11.3 Å². The summed E-state index contributed by atoms with van der Waals surface area (Å²) in [6, 6.07) is 7.63. The van der Waals surface area contributed by atoms with E-state index >= 15 is 0 Å². The minimum Gasteiger partial charge on any atom is -0.550 e. The van der Waals surface area contributed by atoms with Crippen LogP contribution in [-0.2, 0) is 11.3 Å². The van der Waals surface area contributed by atoms with Gasteiger partial charge in [0.2, 0.25) is 0 Å². The Morgan fingerprint density at radius 3 is 2.63 bits per heavy atom. The summed E-state index contributed by atoms with van der Waals surface area (Å²) in [6.45, 7) is 2.16. The van der Waals surface area contributed by atoms with Crippen LogP contribution in [0.2, 0.25) is 0 Å². The van der Waals surface area contributed by atoms with E-state index in [4.69, 9.17) is 0 Å². The summed E-state index contributed by atoms with van der Waals surface area (Å²) in [5.41, 5.74) is 2.96. The van der Waals surface area contributed by atoms with Crippen LogP contribution in [0.25, 0.3) is 11.3 Å². The molecule has 2 aromatic rings. The SMILES string of the molecule is Cc1ccc(-c2nn(CCC(=O)[O-])cc2C=O)cc1. The average molecular weight is 257 g/mol. The van der Waals surface area contributed by atoms with E-state index in [-0.39, 0.29) is 13.0 Å². The van der Waals surface area contributed by atoms with Gasteiger partial charge in [-0.1, -0.05) is 29.8 Å². The molecule has 5 heteroatoms. The minimum absolute atomic E-state index is 0.132. The van der Waals surface area contributed by atoms with Gasteiger partial charge < -0.3 is 9.90 Å². The number of aromatic nitrogens is 2. The smallest absolute Gasteiger partial charge is 0.153 e. The Labute approximate surface area is 110 Å². The summed E-state index contributed by atoms with van der Waals surface area (Å²) >= 11 is 0. The molecule has 0 atom stereocenters. The van der Waals surface area contributed by atoms with Crippen LogP contribution >= 0.6 is 0 Å². The molecule has 0 saturated carbocycles. The standard InChI is InChI=1S/C14H14N2O3/c1-10-2-4-11(5-3-10)14-12(9-17)8-16(15-14)7-6-13(18)19/h2-5,8-9H,6-7H2,1H3,(H,18,19)/p-1. The van der Waals surface area contributed by atoms with Crippen molar-refractivity contribution in [2.45, 2.75) is 19.9 Å². The summed E-state index contributed by atoms with van der Waals surface area (Å²) in [5.74, 6) is -1.14. The van der Waals surface area contributed by atoms with Crippen molar-refractivity contribution >= 4 is 12.3 Å². The Bertz CT molecular complexity index is 600. The molecular formula is C14H13N2O3-. The molecule has 1 heterocycles. The van der Waals surface area contributed by atoms with Crippen LogP contribution in [0, 0.1) is 6.92 Å². The number of rotatable bonds is 5. The Balaban J connectivity index is 2.31. The second kappa shape index (κ2) is 5.48. The maximum absolute atomic E-state index is 11.0.